The van der Waals surface area contributed by atoms with Crippen molar-refractivity contribution in [3.8, 4) is 0 Å². The highest BCUT2D eigenvalue weighted by atomic mass is 32.2. The number of thiophene rings is 1. The predicted octanol–water partition coefficient (Wildman–Crippen LogP) is 3.87. The van der Waals surface area contributed by atoms with Crippen LogP contribution in [0, 0.1) is 12.3 Å². The average Bonchev–Trinajstić information content (AvgIpc) is 2.48. The number of rotatable bonds is 3. The van der Waals surface area contributed by atoms with E-state index in [1.807, 2.05) is 6.07 Å². The largest absolute Gasteiger partial charge is 0.294 e. The van der Waals surface area contributed by atoms with Crippen molar-refractivity contribution in [2.45, 2.75) is 11.1 Å². The highest BCUT2D eigenvalue weighted by Gasteiger charge is 1.99. The summed E-state index contributed by atoms with van der Waals surface area (Å²) in [5.41, 5.74) is 0. The Bertz CT molecular complexity index is 336. The highest BCUT2D eigenvalue weighted by molar-refractivity contribution is 8.15. The summed E-state index contributed by atoms with van der Waals surface area (Å²) in [6.07, 6.45) is 5.19. The molecule has 13 heavy (non-hydrogen) atoms. The number of nitrogens with one attached hydrogen (secondary N) is 1. The molecule has 1 aromatic heterocycles. The van der Waals surface area contributed by atoms with E-state index < -0.39 is 0 Å². The molecule has 1 aromatic rings. The molecule has 0 radical (unpaired) electrons. The number of allylic oxidation sites excluding steroid dienone is 2. The lowest BCUT2D eigenvalue weighted by Gasteiger charge is -1.92. The Morgan fingerprint density at radius 2 is 2.38 bits per heavy atom. The van der Waals surface area contributed by atoms with Gasteiger partial charge in [-0.2, -0.15) is 0 Å². The molecule has 0 aliphatic heterocycles. The summed E-state index contributed by atoms with van der Waals surface area (Å²) in [6.45, 7) is 5.62. The van der Waals surface area contributed by atoms with Gasteiger partial charge < -0.3 is 0 Å². The third-order valence-corrected chi connectivity index (χ3v) is 3.30. The van der Waals surface area contributed by atoms with Crippen LogP contribution in [0.3, 0.4) is 0 Å². The molecule has 0 fully saturated rings. The molecule has 1 N–H and O–H groups in total. The van der Waals surface area contributed by atoms with Gasteiger partial charge >= 0.3 is 0 Å². The molecular weight excluding hydrogens is 198 g/mol. The van der Waals surface area contributed by atoms with Crippen molar-refractivity contribution in [3.63, 3.8) is 0 Å². The van der Waals surface area contributed by atoms with Crippen LogP contribution in [0.1, 0.15) is 4.88 Å². The second-order valence-corrected chi connectivity index (χ2v) is 5.06. The van der Waals surface area contributed by atoms with Gasteiger partial charge in [0.05, 0.1) is 9.25 Å². The quantitative estimate of drug-likeness (QED) is 0.347. The van der Waals surface area contributed by atoms with E-state index in [4.69, 9.17) is 5.41 Å². The van der Waals surface area contributed by atoms with Crippen LogP contribution in [-0.2, 0) is 0 Å². The summed E-state index contributed by atoms with van der Waals surface area (Å²) < 4.78 is 1.16. The van der Waals surface area contributed by atoms with Gasteiger partial charge in [-0.15, -0.1) is 11.3 Å². The van der Waals surface area contributed by atoms with Crippen LogP contribution >= 0.6 is 23.1 Å². The van der Waals surface area contributed by atoms with Crippen molar-refractivity contribution in [1.29, 1.82) is 5.41 Å². The van der Waals surface area contributed by atoms with Crippen molar-refractivity contribution in [2.24, 2.45) is 0 Å². The van der Waals surface area contributed by atoms with Gasteiger partial charge in [0.15, 0.2) is 0 Å². The van der Waals surface area contributed by atoms with E-state index in [1.165, 1.54) is 16.6 Å². The van der Waals surface area contributed by atoms with Gasteiger partial charge in [-0.1, -0.05) is 30.5 Å². The first kappa shape index (κ1) is 10.3. The van der Waals surface area contributed by atoms with Crippen LogP contribution in [0.15, 0.2) is 41.1 Å². The molecule has 3 heteroatoms. The maximum atomic E-state index is 7.57. The highest BCUT2D eigenvalue weighted by Crippen LogP contribution is 2.27. The molecule has 0 amide bonds. The average molecular weight is 209 g/mol. The monoisotopic (exact) mass is 209 g/mol. The summed E-state index contributed by atoms with van der Waals surface area (Å²) in [6, 6.07) is 4.11. The molecule has 0 saturated carbocycles. The second kappa shape index (κ2) is 5.04. The topological polar surface area (TPSA) is 23.9 Å². The van der Waals surface area contributed by atoms with Gasteiger partial charge in [0.2, 0.25) is 0 Å². The molecule has 0 saturated heterocycles. The minimum absolute atomic E-state index is 0.543. The van der Waals surface area contributed by atoms with Gasteiger partial charge in [0, 0.05) is 4.88 Å². The number of hydrogen-bond acceptors (Lipinski definition) is 3. The van der Waals surface area contributed by atoms with Crippen LogP contribution in [-0.4, -0.2) is 5.04 Å². The zero-order chi connectivity index (χ0) is 9.68. The van der Waals surface area contributed by atoms with Crippen LogP contribution in [0.25, 0.3) is 0 Å². The van der Waals surface area contributed by atoms with Crippen LogP contribution in [0.4, 0.5) is 0 Å². The molecule has 0 aliphatic rings. The maximum Gasteiger partial charge on any atom is 0.0925 e. The van der Waals surface area contributed by atoms with E-state index in [0.29, 0.717) is 5.04 Å². The molecule has 0 spiro atoms. The van der Waals surface area contributed by atoms with E-state index in [2.05, 4.69) is 19.6 Å². The Hall–Kier alpha value is -0.800. The first-order chi connectivity index (χ1) is 6.22. The van der Waals surface area contributed by atoms with Crippen LogP contribution in [0.5, 0.6) is 0 Å². The molecule has 1 heterocycles. The van der Waals surface area contributed by atoms with Gasteiger partial charge in [-0.05, 0) is 25.1 Å². The summed E-state index contributed by atoms with van der Waals surface area (Å²) in [5.74, 6) is 0. The van der Waals surface area contributed by atoms with Crippen molar-refractivity contribution in [2.75, 3.05) is 0 Å². The van der Waals surface area contributed by atoms with Crippen LogP contribution in [0.2, 0.25) is 0 Å². The van der Waals surface area contributed by atoms with Gasteiger partial charge in [0.25, 0.3) is 0 Å². The van der Waals surface area contributed by atoms with Crippen molar-refractivity contribution < 1.29 is 0 Å². The van der Waals surface area contributed by atoms with Crippen LogP contribution < -0.4 is 0 Å². The summed E-state index contributed by atoms with van der Waals surface area (Å²) in [4.78, 5) is 1.28. The SMILES string of the molecule is C=C/C=C\C(=N)Sc1ccc(C)s1. The molecule has 68 valence electrons. The minimum Gasteiger partial charge on any atom is -0.294 e. The Morgan fingerprint density at radius 3 is 2.92 bits per heavy atom. The third-order valence-electron chi connectivity index (χ3n) is 1.31. The van der Waals surface area contributed by atoms with Gasteiger partial charge in [-0.25, -0.2) is 0 Å². The first-order valence-electron chi connectivity index (χ1n) is 3.84. The number of thioether (sulfide) groups is 1. The van der Waals surface area contributed by atoms with Gasteiger partial charge in [-0.3, -0.25) is 5.41 Å². The summed E-state index contributed by atoms with van der Waals surface area (Å²) in [5, 5.41) is 8.12. The summed E-state index contributed by atoms with van der Waals surface area (Å²) in [7, 11) is 0. The van der Waals surface area contributed by atoms with Gasteiger partial charge in [0.1, 0.15) is 0 Å². The minimum atomic E-state index is 0.543. The Labute approximate surface area is 86.7 Å². The molecule has 0 bridgehead atoms. The molecule has 0 atom stereocenters. The molecule has 1 nitrogen and oxygen atoms in total. The molecule has 1 rings (SSSR count). The first-order valence-corrected chi connectivity index (χ1v) is 5.47. The Morgan fingerprint density at radius 1 is 1.62 bits per heavy atom. The molecule has 0 aliphatic carbocycles. The lowest BCUT2D eigenvalue weighted by Crippen LogP contribution is -1.79. The Balaban J connectivity index is 2.54. The number of aryl methyl sites for hydroxylation is 1. The van der Waals surface area contributed by atoms with E-state index in [-0.39, 0.29) is 0 Å². The predicted molar refractivity (Wildman–Crippen MR) is 62.0 cm³/mol. The molecule has 0 unspecified atom stereocenters. The lowest BCUT2D eigenvalue weighted by molar-refractivity contribution is 1.56. The zero-order valence-electron chi connectivity index (χ0n) is 7.41. The molecule has 0 aromatic carbocycles. The third kappa shape index (κ3) is 3.61. The van der Waals surface area contributed by atoms with E-state index in [9.17, 15) is 0 Å². The molecular formula is C10H11NS2. The van der Waals surface area contributed by atoms with Crippen molar-refractivity contribution >= 4 is 28.1 Å². The fraction of sp³-hybridized carbons (Fsp3) is 0.100. The fourth-order valence-electron chi connectivity index (χ4n) is 0.765. The van der Waals surface area contributed by atoms with E-state index in [0.717, 1.165) is 4.21 Å². The second-order valence-electron chi connectivity index (χ2n) is 2.43. The lowest BCUT2D eigenvalue weighted by atomic mass is 10.5. The van der Waals surface area contributed by atoms with Crippen molar-refractivity contribution in [1.82, 2.24) is 0 Å². The van der Waals surface area contributed by atoms with E-state index in [1.54, 1.807) is 29.6 Å². The zero-order valence-corrected chi connectivity index (χ0v) is 9.04. The fourth-order valence-corrected chi connectivity index (χ4v) is 2.68. The smallest absolute Gasteiger partial charge is 0.0925 e. The number of hydrogen-bond donors (Lipinski definition) is 1. The van der Waals surface area contributed by atoms with Crippen molar-refractivity contribution in [3.05, 3.63) is 41.8 Å². The maximum absolute atomic E-state index is 7.57. The van der Waals surface area contributed by atoms with E-state index >= 15 is 0 Å². The Kier molecular flexibility index (Phi) is 3.99. The summed E-state index contributed by atoms with van der Waals surface area (Å²) >= 11 is 3.18. The normalized spacial score (nSPS) is 10.5. The standard InChI is InChI=1S/C10H11NS2/c1-3-4-5-9(11)13-10-7-6-8(2)12-10/h3-7,11H,1H2,2H3/b5-4-,11-9?.